The molecule has 1 heterocycles. The number of fused-ring (bicyclic) bond motifs is 1. The number of nitrogens with zero attached hydrogens (tertiary/aromatic N) is 2. The SMILES string of the molecule is CC(C)N(c1cc(-c2ccccc2)nc2ccccc12)C(C)C. The summed E-state index contributed by atoms with van der Waals surface area (Å²) in [5.41, 5.74) is 4.51. The van der Waals surface area contributed by atoms with Gasteiger partial charge in [0.15, 0.2) is 0 Å². The summed E-state index contributed by atoms with van der Waals surface area (Å²) in [6.07, 6.45) is 0. The Hall–Kier alpha value is -2.35. The first kappa shape index (κ1) is 15.5. The van der Waals surface area contributed by atoms with Crippen molar-refractivity contribution in [2.45, 2.75) is 39.8 Å². The average Bonchev–Trinajstić information content (AvgIpc) is 2.55. The van der Waals surface area contributed by atoms with E-state index in [4.69, 9.17) is 4.98 Å². The van der Waals surface area contributed by atoms with E-state index >= 15 is 0 Å². The molecule has 3 rings (SSSR count). The number of pyridine rings is 1. The first-order valence-corrected chi connectivity index (χ1v) is 8.31. The normalized spacial score (nSPS) is 11.4. The first-order valence-electron chi connectivity index (χ1n) is 8.31. The van der Waals surface area contributed by atoms with Crippen LogP contribution in [0.4, 0.5) is 5.69 Å². The van der Waals surface area contributed by atoms with Gasteiger partial charge in [0, 0.05) is 28.7 Å². The lowest BCUT2D eigenvalue weighted by Crippen LogP contribution is -2.37. The summed E-state index contributed by atoms with van der Waals surface area (Å²) in [4.78, 5) is 7.35. The highest BCUT2D eigenvalue weighted by atomic mass is 15.2. The van der Waals surface area contributed by atoms with Gasteiger partial charge in [-0.25, -0.2) is 4.98 Å². The van der Waals surface area contributed by atoms with Gasteiger partial charge in [0.1, 0.15) is 0 Å². The summed E-state index contributed by atoms with van der Waals surface area (Å²) >= 11 is 0. The maximum absolute atomic E-state index is 4.88. The Morgan fingerprint density at radius 2 is 1.39 bits per heavy atom. The van der Waals surface area contributed by atoms with Gasteiger partial charge in [0.25, 0.3) is 0 Å². The molecule has 1 aromatic heterocycles. The van der Waals surface area contributed by atoms with E-state index in [1.807, 2.05) is 6.07 Å². The molecule has 0 saturated heterocycles. The Kier molecular flexibility index (Phi) is 4.33. The predicted octanol–water partition coefficient (Wildman–Crippen LogP) is 5.53. The van der Waals surface area contributed by atoms with Crippen molar-refractivity contribution in [2.75, 3.05) is 4.90 Å². The maximum atomic E-state index is 4.88. The molecule has 0 radical (unpaired) electrons. The van der Waals surface area contributed by atoms with Crippen LogP contribution >= 0.6 is 0 Å². The fraction of sp³-hybridized carbons (Fsp3) is 0.286. The molecular formula is C21H24N2. The lowest BCUT2D eigenvalue weighted by Gasteiger charge is -2.34. The summed E-state index contributed by atoms with van der Waals surface area (Å²) in [6.45, 7) is 8.99. The fourth-order valence-electron chi connectivity index (χ4n) is 3.28. The first-order chi connectivity index (χ1) is 11.1. The molecule has 0 N–H and O–H groups in total. The van der Waals surface area contributed by atoms with Gasteiger partial charge in [-0.3, -0.25) is 0 Å². The van der Waals surface area contributed by atoms with Crippen LogP contribution in [-0.2, 0) is 0 Å². The number of aromatic nitrogens is 1. The predicted molar refractivity (Wildman–Crippen MR) is 99.9 cm³/mol. The minimum absolute atomic E-state index is 0.435. The molecule has 0 spiro atoms. The van der Waals surface area contributed by atoms with Crippen LogP contribution < -0.4 is 4.90 Å². The zero-order valence-electron chi connectivity index (χ0n) is 14.3. The van der Waals surface area contributed by atoms with Crippen molar-refractivity contribution in [3.63, 3.8) is 0 Å². The summed E-state index contributed by atoms with van der Waals surface area (Å²) in [5.74, 6) is 0. The van der Waals surface area contributed by atoms with Crippen molar-refractivity contribution in [2.24, 2.45) is 0 Å². The fourth-order valence-corrected chi connectivity index (χ4v) is 3.28. The molecule has 23 heavy (non-hydrogen) atoms. The van der Waals surface area contributed by atoms with Crippen LogP contribution in [0.15, 0.2) is 60.7 Å². The number of anilines is 1. The van der Waals surface area contributed by atoms with Gasteiger partial charge >= 0.3 is 0 Å². The van der Waals surface area contributed by atoms with Gasteiger partial charge in [0.2, 0.25) is 0 Å². The van der Waals surface area contributed by atoms with Crippen molar-refractivity contribution < 1.29 is 0 Å². The second kappa shape index (κ2) is 6.41. The quantitative estimate of drug-likeness (QED) is 0.630. The van der Waals surface area contributed by atoms with E-state index in [-0.39, 0.29) is 0 Å². The second-order valence-electron chi connectivity index (χ2n) is 6.50. The summed E-state index contributed by atoms with van der Waals surface area (Å²) in [6, 6.07) is 21.9. The topological polar surface area (TPSA) is 16.1 Å². The van der Waals surface area contributed by atoms with E-state index < -0.39 is 0 Å². The molecule has 3 aromatic rings. The number of hydrogen-bond donors (Lipinski definition) is 0. The average molecular weight is 304 g/mol. The Morgan fingerprint density at radius 1 is 0.783 bits per heavy atom. The molecule has 2 aromatic carbocycles. The zero-order valence-corrected chi connectivity index (χ0v) is 14.3. The molecular weight excluding hydrogens is 280 g/mol. The highest BCUT2D eigenvalue weighted by molar-refractivity contribution is 5.94. The molecule has 2 heteroatoms. The molecule has 0 aliphatic rings. The third kappa shape index (κ3) is 3.07. The third-order valence-corrected chi connectivity index (χ3v) is 4.15. The standard InChI is InChI=1S/C21H24N2/c1-15(2)23(16(3)4)21-14-20(17-10-6-5-7-11-17)22-19-13-9-8-12-18(19)21/h5-16H,1-4H3. The van der Waals surface area contributed by atoms with Gasteiger partial charge in [0.05, 0.1) is 11.2 Å². The number of para-hydroxylation sites is 1. The Morgan fingerprint density at radius 3 is 2.04 bits per heavy atom. The third-order valence-electron chi connectivity index (χ3n) is 4.15. The van der Waals surface area contributed by atoms with E-state index in [9.17, 15) is 0 Å². The van der Waals surface area contributed by atoms with E-state index in [1.165, 1.54) is 11.1 Å². The van der Waals surface area contributed by atoms with Crippen LogP contribution in [0.3, 0.4) is 0 Å². The van der Waals surface area contributed by atoms with Crippen molar-refractivity contribution in [3.05, 3.63) is 60.7 Å². The summed E-state index contributed by atoms with van der Waals surface area (Å²) in [5, 5.41) is 1.22. The second-order valence-corrected chi connectivity index (χ2v) is 6.50. The van der Waals surface area contributed by atoms with Gasteiger partial charge in [-0.05, 0) is 39.8 Å². The molecule has 0 bridgehead atoms. The molecule has 0 saturated carbocycles. The molecule has 2 nitrogen and oxygen atoms in total. The number of rotatable bonds is 4. The minimum Gasteiger partial charge on any atom is -0.366 e. The Bertz CT molecular complexity index is 783. The largest absolute Gasteiger partial charge is 0.366 e. The Labute approximate surface area is 138 Å². The van der Waals surface area contributed by atoms with Gasteiger partial charge in [-0.15, -0.1) is 0 Å². The van der Waals surface area contributed by atoms with Crippen molar-refractivity contribution in [1.29, 1.82) is 0 Å². The molecule has 0 unspecified atom stereocenters. The van der Waals surface area contributed by atoms with Crippen LogP contribution in [0.1, 0.15) is 27.7 Å². The molecule has 118 valence electrons. The molecule has 0 aliphatic heterocycles. The van der Waals surface area contributed by atoms with E-state index in [1.54, 1.807) is 0 Å². The lowest BCUT2D eigenvalue weighted by molar-refractivity contribution is 0.610. The van der Waals surface area contributed by atoms with Crippen LogP contribution in [0.2, 0.25) is 0 Å². The molecule has 0 fully saturated rings. The minimum atomic E-state index is 0.435. The van der Waals surface area contributed by atoms with Gasteiger partial charge < -0.3 is 4.90 Å². The molecule has 0 atom stereocenters. The highest BCUT2D eigenvalue weighted by Gasteiger charge is 2.18. The summed E-state index contributed by atoms with van der Waals surface area (Å²) in [7, 11) is 0. The smallest absolute Gasteiger partial charge is 0.0730 e. The van der Waals surface area contributed by atoms with E-state index in [2.05, 4.69) is 87.2 Å². The Balaban J connectivity index is 2.26. The van der Waals surface area contributed by atoms with Crippen LogP contribution in [-0.4, -0.2) is 17.1 Å². The van der Waals surface area contributed by atoms with Crippen molar-refractivity contribution in [1.82, 2.24) is 4.98 Å². The molecule has 0 amide bonds. The number of benzene rings is 2. The maximum Gasteiger partial charge on any atom is 0.0730 e. The van der Waals surface area contributed by atoms with Crippen LogP contribution in [0.5, 0.6) is 0 Å². The van der Waals surface area contributed by atoms with E-state index in [0.29, 0.717) is 12.1 Å². The molecule has 0 aliphatic carbocycles. The van der Waals surface area contributed by atoms with Gasteiger partial charge in [-0.2, -0.15) is 0 Å². The van der Waals surface area contributed by atoms with Gasteiger partial charge in [-0.1, -0.05) is 48.5 Å². The van der Waals surface area contributed by atoms with Crippen LogP contribution in [0, 0.1) is 0 Å². The zero-order chi connectivity index (χ0) is 16.4. The van der Waals surface area contributed by atoms with Crippen molar-refractivity contribution in [3.8, 4) is 11.3 Å². The number of hydrogen-bond acceptors (Lipinski definition) is 2. The summed E-state index contributed by atoms with van der Waals surface area (Å²) < 4.78 is 0. The highest BCUT2D eigenvalue weighted by Crippen LogP contribution is 2.33. The van der Waals surface area contributed by atoms with Crippen LogP contribution in [0.25, 0.3) is 22.2 Å². The monoisotopic (exact) mass is 304 g/mol. The van der Waals surface area contributed by atoms with Crippen molar-refractivity contribution >= 4 is 16.6 Å². The van der Waals surface area contributed by atoms with E-state index in [0.717, 1.165) is 16.8 Å². The lowest BCUT2D eigenvalue weighted by atomic mass is 10.0.